The predicted molar refractivity (Wildman–Crippen MR) is 74.4 cm³/mol. The SMILES string of the molecule is CC1(C(=N)N)CCN(S(=O)(=O)c2ccc(F)c(F)c2)CC1. The lowest BCUT2D eigenvalue weighted by molar-refractivity contribution is 0.240. The van der Waals surface area contributed by atoms with E-state index in [1.54, 1.807) is 0 Å². The van der Waals surface area contributed by atoms with Gasteiger partial charge in [0.2, 0.25) is 10.0 Å². The fourth-order valence-electron chi connectivity index (χ4n) is 2.28. The summed E-state index contributed by atoms with van der Waals surface area (Å²) in [6, 6.07) is 2.53. The number of nitrogens with zero attached hydrogens (tertiary/aromatic N) is 1. The highest BCUT2D eigenvalue weighted by Crippen LogP contribution is 2.33. The molecule has 1 fully saturated rings. The lowest BCUT2D eigenvalue weighted by Gasteiger charge is -2.37. The molecular weight excluding hydrogens is 300 g/mol. The van der Waals surface area contributed by atoms with E-state index in [-0.39, 0.29) is 23.8 Å². The van der Waals surface area contributed by atoms with Gasteiger partial charge in [-0.25, -0.2) is 17.2 Å². The molecule has 0 bridgehead atoms. The van der Waals surface area contributed by atoms with Crippen LogP contribution < -0.4 is 5.73 Å². The molecule has 0 amide bonds. The molecule has 0 aromatic heterocycles. The fraction of sp³-hybridized carbons (Fsp3) is 0.462. The number of nitrogens with two attached hydrogens (primary N) is 1. The Hall–Kier alpha value is -1.54. The van der Waals surface area contributed by atoms with E-state index in [1.165, 1.54) is 4.31 Å². The number of hydrogen-bond donors (Lipinski definition) is 2. The number of sulfonamides is 1. The van der Waals surface area contributed by atoms with E-state index in [2.05, 4.69) is 0 Å². The van der Waals surface area contributed by atoms with Crippen LogP contribution >= 0.6 is 0 Å². The van der Waals surface area contributed by atoms with Gasteiger partial charge in [-0.1, -0.05) is 6.92 Å². The van der Waals surface area contributed by atoms with Gasteiger partial charge < -0.3 is 5.73 Å². The molecule has 2 rings (SSSR count). The zero-order valence-corrected chi connectivity index (χ0v) is 12.4. The van der Waals surface area contributed by atoms with Crippen molar-refractivity contribution in [3.05, 3.63) is 29.8 Å². The first-order valence-electron chi connectivity index (χ1n) is 6.46. The van der Waals surface area contributed by atoms with E-state index in [4.69, 9.17) is 11.1 Å². The summed E-state index contributed by atoms with van der Waals surface area (Å²) < 4.78 is 52.1. The van der Waals surface area contributed by atoms with Crippen molar-refractivity contribution in [2.75, 3.05) is 13.1 Å². The van der Waals surface area contributed by atoms with Crippen molar-refractivity contribution < 1.29 is 17.2 Å². The van der Waals surface area contributed by atoms with Gasteiger partial charge in [-0.3, -0.25) is 5.41 Å². The predicted octanol–water partition coefficient (Wildman–Crippen LogP) is 1.69. The molecular formula is C13H17F2N3O2S. The minimum absolute atomic E-state index is 0.0346. The van der Waals surface area contributed by atoms with Gasteiger partial charge in [0.25, 0.3) is 0 Å². The molecule has 0 atom stereocenters. The van der Waals surface area contributed by atoms with Gasteiger partial charge in [-0.15, -0.1) is 0 Å². The largest absolute Gasteiger partial charge is 0.387 e. The monoisotopic (exact) mass is 317 g/mol. The first-order valence-corrected chi connectivity index (χ1v) is 7.90. The highest BCUT2D eigenvalue weighted by atomic mass is 32.2. The average Bonchev–Trinajstić information content (AvgIpc) is 2.42. The van der Waals surface area contributed by atoms with Gasteiger partial charge in [0.15, 0.2) is 11.6 Å². The zero-order valence-electron chi connectivity index (χ0n) is 11.6. The highest BCUT2D eigenvalue weighted by Gasteiger charge is 2.37. The molecule has 0 unspecified atom stereocenters. The first kappa shape index (κ1) is 15.8. The molecule has 3 N–H and O–H groups in total. The Kier molecular flexibility index (Phi) is 4.03. The van der Waals surface area contributed by atoms with Crippen molar-refractivity contribution in [2.24, 2.45) is 11.1 Å². The maximum absolute atomic E-state index is 13.2. The second-order valence-corrected chi connectivity index (χ2v) is 7.39. The summed E-state index contributed by atoms with van der Waals surface area (Å²) in [5, 5.41) is 7.54. The molecule has 0 radical (unpaired) electrons. The van der Waals surface area contributed by atoms with Crippen molar-refractivity contribution in [1.82, 2.24) is 4.31 Å². The van der Waals surface area contributed by atoms with Gasteiger partial charge >= 0.3 is 0 Å². The molecule has 0 spiro atoms. The van der Waals surface area contributed by atoms with Crippen LogP contribution in [0.15, 0.2) is 23.1 Å². The third kappa shape index (κ3) is 2.91. The van der Waals surface area contributed by atoms with E-state index < -0.39 is 27.1 Å². The van der Waals surface area contributed by atoms with E-state index in [0.29, 0.717) is 18.9 Å². The molecule has 116 valence electrons. The zero-order chi connectivity index (χ0) is 15.8. The smallest absolute Gasteiger partial charge is 0.243 e. The van der Waals surface area contributed by atoms with Crippen LogP contribution in [0.2, 0.25) is 0 Å². The molecule has 1 saturated heterocycles. The summed E-state index contributed by atoms with van der Waals surface area (Å²) in [7, 11) is -3.86. The Labute approximate surface area is 122 Å². The number of rotatable bonds is 3. The Bertz CT molecular complexity index is 668. The number of halogens is 2. The van der Waals surface area contributed by atoms with Crippen LogP contribution in [0.5, 0.6) is 0 Å². The van der Waals surface area contributed by atoms with Crippen molar-refractivity contribution in [1.29, 1.82) is 5.41 Å². The van der Waals surface area contributed by atoms with Gasteiger partial charge in [-0.2, -0.15) is 4.31 Å². The third-order valence-corrected chi connectivity index (χ3v) is 5.90. The summed E-state index contributed by atoms with van der Waals surface area (Å²) in [5.41, 5.74) is 5.01. The Morgan fingerprint density at radius 2 is 1.86 bits per heavy atom. The van der Waals surface area contributed by atoms with Crippen molar-refractivity contribution in [3.63, 3.8) is 0 Å². The number of nitrogens with one attached hydrogen (secondary N) is 1. The van der Waals surface area contributed by atoms with Crippen LogP contribution in [0.1, 0.15) is 19.8 Å². The van der Waals surface area contributed by atoms with Gasteiger partial charge in [0, 0.05) is 18.5 Å². The first-order chi connectivity index (χ1) is 9.67. The molecule has 1 heterocycles. The minimum Gasteiger partial charge on any atom is -0.387 e. The molecule has 1 aliphatic rings. The molecule has 1 aromatic carbocycles. The maximum Gasteiger partial charge on any atom is 0.243 e. The summed E-state index contributed by atoms with van der Waals surface area (Å²) in [5.74, 6) is -2.24. The summed E-state index contributed by atoms with van der Waals surface area (Å²) in [4.78, 5) is -0.271. The number of benzene rings is 1. The lowest BCUT2D eigenvalue weighted by atomic mass is 9.80. The maximum atomic E-state index is 13.2. The van der Waals surface area contributed by atoms with Gasteiger partial charge in [-0.05, 0) is 31.0 Å². The number of hydrogen-bond acceptors (Lipinski definition) is 3. The van der Waals surface area contributed by atoms with Crippen LogP contribution in [0, 0.1) is 22.5 Å². The molecule has 1 aliphatic heterocycles. The summed E-state index contributed by atoms with van der Waals surface area (Å²) in [6.45, 7) is 2.20. The average molecular weight is 317 g/mol. The highest BCUT2D eigenvalue weighted by molar-refractivity contribution is 7.89. The van der Waals surface area contributed by atoms with Crippen LogP contribution in [-0.4, -0.2) is 31.6 Å². The second-order valence-electron chi connectivity index (χ2n) is 5.45. The number of piperidine rings is 1. The van der Waals surface area contributed by atoms with E-state index in [0.717, 1.165) is 12.1 Å². The molecule has 0 saturated carbocycles. The van der Waals surface area contributed by atoms with E-state index in [9.17, 15) is 17.2 Å². The van der Waals surface area contributed by atoms with Gasteiger partial charge in [0.1, 0.15) is 0 Å². The van der Waals surface area contributed by atoms with E-state index in [1.807, 2.05) is 6.92 Å². The van der Waals surface area contributed by atoms with Crippen molar-refractivity contribution in [3.8, 4) is 0 Å². The second kappa shape index (κ2) is 5.34. The minimum atomic E-state index is -3.86. The molecule has 0 aliphatic carbocycles. The molecule has 8 heteroatoms. The normalized spacial score (nSPS) is 19.4. The summed E-state index contributed by atoms with van der Waals surface area (Å²) >= 11 is 0. The van der Waals surface area contributed by atoms with E-state index >= 15 is 0 Å². The quantitative estimate of drug-likeness (QED) is 0.657. The Balaban J connectivity index is 2.22. The Morgan fingerprint density at radius 1 is 1.29 bits per heavy atom. The summed E-state index contributed by atoms with van der Waals surface area (Å²) in [6.07, 6.45) is 0.844. The van der Waals surface area contributed by atoms with Crippen molar-refractivity contribution in [2.45, 2.75) is 24.7 Å². The van der Waals surface area contributed by atoms with Crippen LogP contribution in [-0.2, 0) is 10.0 Å². The van der Waals surface area contributed by atoms with Crippen LogP contribution in [0.25, 0.3) is 0 Å². The molecule has 1 aromatic rings. The van der Waals surface area contributed by atoms with Gasteiger partial charge in [0.05, 0.1) is 10.7 Å². The van der Waals surface area contributed by atoms with Crippen LogP contribution in [0.4, 0.5) is 8.78 Å². The Morgan fingerprint density at radius 3 is 2.33 bits per heavy atom. The lowest BCUT2D eigenvalue weighted by Crippen LogP contribution is -2.47. The standard InChI is InChI=1S/C13H17F2N3O2S/c1-13(12(16)17)4-6-18(7-5-13)21(19,20)9-2-3-10(14)11(15)8-9/h2-3,8H,4-7H2,1H3,(H3,16,17). The molecule has 5 nitrogen and oxygen atoms in total. The van der Waals surface area contributed by atoms with Crippen molar-refractivity contribution >= 4 is 15.9 Å². The fourth-order valence-corrected chi connectivity index (χ4v) is 3.73. The topological polar surface area (TPSA) is 87.2 Å². The number of amidine groups is 1. The van der Waals surface area contributed by atoms with Crippen LogP contribution in [0.3, 0.4) is 0 Å². The molecule has 21 heavy (non-hydrogen) atoms. The third-order valence-electron chi connectivity index (χ3n) is 4.01.